The van der Waals surface area contributed by atoms with E-state index in [1.807, 2.05) is 30.3 Å². The number of methoxy groups -OCH3 is 1. The Kier molecular flexibility index (Phi) is 7.72. The van der Waals surface area contributed by atoms with Crippen LogP contribution >= 0.6 is 0 Å². The Morgan fingerprint density at radius 3 is 2.74 bits per heavy atom. The second-order valence-electron chi connectivity index (χ2n) is 9.79. The van der Waals surface area contributed by atoms with E-state index < -0.39 is 5.91 Å². The van der Waals surface area contributed by atoms with Crippen molar-refractivity contribution in [1.82, 2.24) is 35.6 Å². The SMILES string of the molecule is COc1cc(C=NNC(=O)c2c(CN3CCCC3)nnn2-c2nonc2N)ccc1OCc1cccc2ccccc12. The minimum absolute atomic E-state index is 0.0139. The maximum absolute atomic E-state index is 13.3. The van der Waals surface area contributed by atoms with Gasteiger partial charge in [-0.15, -0.1) is 5.10 Å². The molecule has 2 aromatic heterocycles. The molecule has 0 bridgehead atoms. The Balaban J connectivity index is 1.16. The summed E-state index contributed by atoms with van der Waals surface area (Å²) < 4.78 is 17.6. The van der Waals surface area contributed by atoms with Gasteiger partial charge < -0.3 is 15.2 Å². The zero-order valence-electron chi connectivity index (χ0n) is 22.9. The number of anilines is 1. The van der Waals surface area contributed by atoms with Gasteiger partial charge in [0, 0.05) is 6.54 Å². The van der Waals surface area contributed by atoms with Crippen LogP contribution in [0.4, 0.5) is 5.82 Å². The molecule has 1 aliphatic heterocycles. The number of rotatable bonds is 10. The van der Waals surface area contributed by atoms with Gasteiger partial charge in [0.1, 0.15) is 12.3 Å². The molecule has 5 aromatic rings. The predicted octanol–water partition coefficient (Wildman–Crippen LogP) is 3.33. The molecule has 0 spiro atoms. The maximum Gasteiger partial charge on any atom is 0.292 e. The van der Waals surface area contributed by atoms with Crippen molar-refractivity contribution in [3.8, 4) is 17.3 Å². The highest BCUT2D eigenvalue weighted by atomic mass is 16.6. The van der Waals surface area contributed by atoms with Crippen LogP contribution in [0.15, 0.2) is 70.4 Å². The minimum Gasteiger partial charge on any atom is -0.493 e. The number of nitrogens with one attached hydrogen (secondary N) is 1. The smallest absolute Gasteiger partial charge is 0.292 e. The summed E-state index contributed by atoms with van der Waals surface area (Å²) in [5.41, 5.74) is 10.8. The molecule has 214 valence electrons. The second kappa shape index (κ2) is 12.1. The molecular formula is C29H29N9O4. The first kappa shape index (κ1) is 26.9. The number of nitrogens with zero attached hydrogens (tertiary/aromatic N) is 7. The lowest BCUT2D eigenvalue weighted by Crippen LogP contribution is -2.26. The van der Waals surface area contributed by atoms with E-state index in [2.05, 4.69) is 54.3 Å². The highest BCUT2D eigenvalue weighted by molar-refractivity contribution is 5.95. The number of hydrazone groups is 1. The third-order valence-electron chi connectivity index (χ3n) is 7.05. The molecule has 0 aliphatic carbocycles. The van der Waals surface area contributed by atoms with Crippen LogP contribution in [-0.4, -0.2) is 62.5 Å². The Labute approximate surface area is 240 Å². The molecule has 13 nitrogen and oxygen atoms in total. The number of amides is 1. The van der Waals surface area contributed by atoms with Gasteiger partial charge >= 0.3 is 0 Å². The van der Waals surface area contributed by atoms with Crippen LogP contribution in [0, 0.1) is 0 Å². The van der Waals surface area contributed by atoms with E-state index >= 15 is 0 Å². The number of nitrogen functional groups attached to an aromatic ring is 1. The number of carbonyl (C=O) groups excluding carboxylic acids is 1. The third-order valence-corrected chi connectivity index (χ3v) is 7.05. The first-order valence-corrected chi connectivity index (χ1v) is 13.5. The number of ether oxygens (including phenoxy) is 2. The number of aromatic nitrogens is 5. The van der Waals surface area contributed by atoms with E-state index in [0.29, 0.717) is 35.9 Å². The van der Waals surface area contributed by atoms with Crippen LogP contribution in [0.3, 0.4) is 0 Å². The number of carbonyl (C=O) groups is 1. The fourth-order valence-electron chi connectivity index (χ4n) is 4.96. The van der Waals surface area contributed by atoms with Crippen molar-refractivity contribution in [2.45, 2.75) is 26.0 Å². The Hall–Kier alpha value is -5.30. The molecule has 0 atom stereocenters. The second-order valence-corrected chi connectivity index (χ2v) is 9.79. The molecule has 1 aliphatic rings. The Morgan fingerprint density at radius 1 is 1.10 bits per heavy atom. The van der Waals surface area contributed by atoms with Crippen LogP contribution in [0.1, 0.15) is 40.2 Å². The zero-order valence-corrected chi connectivity index (χ0v) is 22.9. The van der Waals surface area contributed by atoms with Gasteiger partial charge in [-0.3, -0.25) is 9.69 Å². The lowest BCUT2D eigenvalue weighted by atomic mass is 10.1. The summed E-state index contributed by atoms with van der Waals surface area (Å²) in [6, 6.07) is 19.7. The molecule has 1 amide bonds. The molecule has 1 fully saturated rings. The Bertz CT molecular complexity index is 1740. The number of hydrogen-bond acceptors (Lipinski definition) is 11. The summed E-state index contributed by atoms with van der Waals surface area (Å²) in [5.74, 6) is 0.657. The van der Waals surface area contributed by atoms with E-state index in [0.717, 1.165) is 42.3 Å². The molecule has 6 rings (SSSR count). The summed E-state index contributed by atoms with van der Waals surface area (Å²) in [6.07, 6.45) is 3.70. The highest BCUT2D eigenvalue weighted by Gasteiger charge is 2.27. The van der Waals surface area contributed by atoms with E-state index in [9.17, 15) is 4.79 Å². The van der Waals surface area contributed by atoms with Gasteiger partial charge in [0.2, 0.25) is 11.6 Å². The van der Waals surface area contributed by atoms with Crippen LogP contribution in [0.5, 0.6) is 11.5 Å². The number of fused-ring (bicyclic) bond motifs is 1. The summed E-state index contributed by atoms with van der Waals surface area (Å²) in [7, 11) is 1.57. The molecule has 42 heavy (non-hydrogen) atoms. The summed E-state index contributed by atoms with van der Waals surface area (Å²) in [5, 5.41) is 22.1. The van der Waals surface area contributed by atoms with E-state index in [-0.39, 0.29) is 17.3 Å². The summed E-state index contributed by atoms with van der Waals surface area (Å²) in [6.45, 7) is 2.68. The van der Waals surface area contributed by atoms with Gasteiger partial charge in [-0.05, 0) is 76.3 Å². The normalized spacial score (nSPS) is 13.6. The highest BCUT2D eigenvalue weighted by Crippen LogP contribution is 2.29. The van der Waals surface area contributed by atoms with Crippen molar-refractivity contribution >= 4 is 28.7 Å². The van der Waals surface area contributed by atoms with Crippen molar-refractivity contribution in [2.24, 2.45) is 5.10 Å². The number of likely N-dealkylation sites (tertiary alicyclic amines) is 1. The van der Waals surface area contributed by atoms with Gasteiger partial charge in [-0.1, -0.05) is 47.7 Å². The first-order chi connectivity index (χ1) is 20.6. The van der Waals surface area contributed by atoms with Gasteiger partial charge in [0.05, 0.1) is 13.3 Å². The van der Waals surface area contributed by atoms with Crippen molar-refractivity contribution in [3.63, 3.8) is 0 Å². The first-order valence-electron chi connectivity index (χ1n) is 13.5. The zero-order chi connectivity index (χ0) is 28.9. The van der Waals surface area contributed by atoms with Crippen LogP contribution in [-0.2, 0) is 13.2 Å². The third kappa shape index (κ3) is 5.63. The van der Waals surface area contributed by atoms with E-state index in [4.69, 9.17) is 19.8 Å². The molecule has 0 saturated carbocycles. The van der Waals surface area contributed by atoms with E-state index in [1.165, 1.54) is 10.9 Å². The fraction of sp³-hybridized carbons (Fsp3) is 0.241. The van der Waals surface area contributed by atoms with Crippen LogP contribution in [0.25, 0.3) is 16.6 Å². The van der Waals surface area contributed by atoms with Gasteiger partial charge in [-0.2, -0.15) is 9.78 Å². The van der Waals surface area contributed by atoms with Gasteiger partial charge in [0.25, 0.3) is 5.91 Å². The van der Waals surface area contributed by atoms with Crippen molar-refractivity contribution in [3.05, 3.63) is 83.2 Å². The Morgan fingerprint density at radius 2 is 1.93 bits per heavy atom. The number of nitrogens with two attached hydrogens (primary N) is 1. The average Bonchev–Trinajstić information content (AvgIpc) is 3.78. The van der Waals surface area contributed by atoms with Crippen molar-refractivity contribution in [1.29, 1.82) is 0 Å². The molecule has 3 heterocycles. The van der Waals surface area contributed by atoms with Crippen molar-refractivity contribution in [2.75, 3.05) is 25.9 Å². The lowest BCUT2D eigenvalue weighted by molar-refractivity contribution is 0.0945. The average molecular weight is 568 g/mol. The molecule has 1 saturated heterocycles. The fourth-order valence-corrected chi connectivity index (χ4v) is 4.96. The summed E-state index contributed by atoms with van der Waals surface area (Å²) in [4.78, 5) is 15.5. The molecule has 3 aromatic carbocycles. The number of hydrogen-bond donors (Lipinski definition) is 2. The molecule has 0 radical (unpaired) electrons. The molecule has 3 N–H and O–H groups in total. The monoisotopic (exact) mass is 567 g/mol. The lowest BCUT2D eigenvalue weighted by Gasteiger charge is -2.13. The largest absolute Gasteiger partial charge is 0.493 e. The summed E-state index contributed by atoms with van der Waals surface area (Å²) >= 11 is 0. The van der Waals surface area contributed by atoms with E-state index in [1.54, 1.807) is 19.2 Å². The molecule has 13 heteroatoms. The van der Waals surface area contributed by atoms with Crippen molar-refractivity contribution < 1.29 is 18.9 Å². The number of benzene rings is 3. The predicted molar refractivity (Wildman–Crippen MR) is 154 cm³/mol. The maximum atomic E-state index is 13.3. The van der Waals surface area contributed by atoms with Gasteiger partial charge in [0.15, 0.2) is 17.2 Å². The van der Waals surface area contributed by atoms with Gasteiger partial charge in [-0.25, -0.2) is 10.1 Å². The van der Waals surface area contributed by atoms with Crippen LogP contribution < -0.4 is 20.6 Å². The topological polar surface area (TPSA) is 159 Å². The molecular weight excluding hydrogens is 538 g/mol. The van der Waals surface area contributed by atoms with Crippen LogP contribution in [0.2, 0.25) is 0 Å². The standard InChI is InChI=1S/C29H29N9O4/c1-40-25-15-19(11-12-24(25)41-18-21-9-6-8-20-7-2-3-10-22(20)21)16-31-33-29(39)26-23(17-37-13-4-5-14-37)32-36-38(26)28-27(30)34-42-35-28/h2-3,6-12,15-16H,4-5,13-14,17-18H2,1H3,(H2,30,34)(H,33,39). The molecule has 0 unspecified atom stereocenters. The quantitative estimate of drug-likeness (QED) is 0.189. The minimum atomic E-state index is -0.533.